The standard InChI is InChI=1S/C18H9ClN2O/c19-11-7-8-15-14(9-11)20-17-12-5-1-3-10-4-2-6-13(16(10)12)18(22)21(15)17/h1-9H. The van der Waals surface area contributed by atoms with Crippen molar-refractivity contribution in [1.82, 2.24) is 9.38 Å². The van der Waals surface area contributed by atoms with E-state index in [2.05, 4.69) is 4.98 Å². The van der Waals surface area contributed by atoms with Crippen LogP contribution in [0.25, 0.3) is 38.2 Å². The van der Waals surface area contributed by atoms with Gasteiger partial charge in [0.05, 0.1) is 11.0 Å². The van der Waals surface area contributed by atoms with Crippen molar-refractivity contribution < 1.29 is 0 Å². The third-order valence-corrected chi connectivity index (χ3v) is 4.43. The zero-order valence-electron chi connectivity index (χ0n) is 11.4. The van der Waals surface area contributed by atoms with Crippen LogP contribution in [0.2, 0.25) is 5.02 Å². The molecule has 2 heterocycles. The zero-order chi connectivity index (χ0) is 14.8. The van der Waals surface area contributed by atoms with Gasteiger partial charge in [-0.25, -0.2) is 4.98 Å². The molecule has 0 N–H and O–H groups in total. The molecule has 104 valence electrons. The molecule has 0 saturated heterocycles. The molecule has 3 aromatic carbocycles. The minimum absolute atomic E-state index is 0.0378. The molecular formula is C18H9ClN2O. The molecule has 0 amide bonds. The van der Waals surface area contributed by atoms with Gasteiger partial charge in [0.1, 0.15) is 5.65 Å². The summed E-state index contributed by atoms with van der Waals surface area (Å²) < 4.78 is 1.68. The third-order valence-electron chi connectivity index (χ3n) is 4.20. The van der Waals surface area contributed by atoms with Gasteiger partial charge in [0.2, 0.25) is 0 Å². The Labute approximate surface area is 129 Å². The van der Waals surface area contributed by atoms with Crippen molar-refractivity contribution >= 4 is 49.8 Å². The van der Waals surface area contributed by atoms with Crippen LogP contribution < -0.4 is 5.56 Å². The maximum absolute atomic E-state index is 12.9. The second-order valence-electron chi connectivity index (χ2n) is 5.42. The van der Waals surface area contributed by atoms with E-state index in [0.717, 1.165) is 32.6 Å². The maximum Gasteiger partial charge on any atom is 0.264 e. The number of benzene rings is 3. The third kappa shape index (κ3) is 1.36. The van der Waals surface area contributed by atoms with Crippen LogP contribution >= 0.6 is 11.6 Å². The highest BCUT2D eigenvalue weighted by Gasteiger charge is 2.15. The first-order valence-electron chi connectivity index (χ1n) is 6.99. The fraction of sp³-hybridized carbons (Fsp3) is 0. The molecule has 0 spiro atoms. The van der Waals surface area contributed by atoms with Gasteiger partial charge in [0.25, 0.3) is 5.56 Å². The van der Waals surface area contributed by atoms with Gasteiger partial charge in [-0.2, -0.15) is 0 Å². The molecule has 0 atom stereocenters. The van der Waals surface area contributed by atoms with E-state index >= 15 is 0 Å². The molecule has 0 unspecified atom stereocenters. The second-order valence-corrected chi connectivity index (χ2v) is 5.85. The number of pyridine rings is 1. The molecule has 2 aromatic heterocycles. The molecule has 4 heteroatoms. The first kappa shape index (κ1) is 12.0. The molecule has 0 aliphatic rings. The van der Waals surface area contributed by atoms with Crippen molar-refractivity contribution in [3.05, 3.63) is 70.0 Å². The largest absolute Gasteiger partial charge is 0.268 e. The molecule has 22 heavy (non-hydrogen) atoms. The van der Waals surface area contributed by atoms with E-state index in [1.807, 2.05) is 42.5 Å². The van der Waals surface area contributed by atoms with Crippen LogP contribution in [0.15, 0.2) is 59.4 Å². The minimum atomic E-state index is -0.0378. The Bertz CT molecular complexity index is 1250. The van der Waals surface area contributed by atoms with E-state index in [9.17, 15) is 4.79 Å². The predicted octanol–water partition coefficient (Wildman–Crippen LogP) is 4.25. The van der Waals surface area contributed by atoms with Gasteiger partial charge in [-0.1, -0.05) is 41.9 Å². The van der Waals surface area contributed by atoms with Crippen molar-refractivity contribution in [3.63, 3.8) is 0 Å². The number of hydrogen-bond acceptors (Lipinski definition) is 2. The Morgan fingerprint density at radius 1 is 0.955 bits per heavy atom. The highest BCUT2D eigenvalue weighted by molar-refractivity contribution is 6.31. The Kier molecular flexibility index (Phi) is 2.15. The fourth-order valence-electron chi connectivity index (χ4n) is 3.27. The summed E-state index contributed by atoms with van der Waals surface area (Å²) >= 11 is 6.05. The van der Waals surface area contributed by atoms with Crippen molar-refractivity contribution in [2.45, 2.75) is 0 Å². The molecule has 5 aromatic rings. The van der Waals surface area contributed by atoms with E-state index in [1.54, 1.807) is 16.5 Å². The van der Waals surface area contributed by atoms with Gasteiger partial charge in [0, 0.05) is 21.2 Å². The number of hydrogen-bond donors (Lipinski definition) is 0. The highest BCUT2D eigenvalue weighted by Crippen LogP contribution is 2.29. The van der Waals surface area contributed by atoms with E-state index in [0.29, 0.717) is 10.7 Å². The lowest BCUT2D eigenvalue weighted by Crippen LogP contribution is -2.13. The average Bonchev–Trinajstić information content (AvgIpc) is 2.91. The Morgan fingerprint density at radius 2 is 1.73 bits per heavy atom. The lowest BCUT2D eigenvalue weighted by Gasteiger charge is -2.06. The fourth-order valence-corrected chi connectivity index (χ4v) is 3.43. The second kappa shape index (κ2) is 3.96. The van der Waals surface area contributed by atoms with Gasteiger partial charge in [-0.15, -0.1) is 0 Å². The van der Waals surface area contributed by atoms with Gasteiger partial charge < -0.3 is 0 Å². The topological polar surface area (TPSA) is 34.4 Å². The first-order chi connectivity index (χ1) is 10.7. The van der Waals surface area contributed by atoms with Crippen LogP contribution in [0.3, 0.4) is 0 Å². The van der Waals surface area contributed by atoms with Crippen LogP contribution in [0, 0.1) is 0 Å². The van der Waals surface area contributed by atoms with Gasteiger partial charge >= 0.3 is 0 Å². The molecule has 0 aliphatic heterocycles. The summed E-state index contributed by atoms with van der Waals surface area (Å²) in [6.07, 6.45) is 0. The lowest BCUT2D eigenvalue weighted by molar-refractivity contribution is 1.19. The van der Waals surface area contributed by atoms with E-state index in [-0.39, 0.29) is 5.56 Å². The SMILES string of the molecule is O=c1c2cccc3cccc(c32)c2nc3cc(Cl)ccc3n12. The first-order valence-corrected chi connectivity index (χ1v) is 7.37. The Balaban J connectivity index is 2.22. The highest BCUT2D eigenvalue weighted by atomic mass is 35.5. The molecule has 0 fully saturated rings. The number of halogens is 1. The summed E-state index contributed by atoms with van der Waals surface area (Å²) in [5.41, 5.74) is 2.17. The van der Waals surface area contributed by atoms with Crippen LogP contribution in [-0.2, 0) is 0 Å². The molecule has 0 aliphatic carbocycles. The van der Waals surface area contributed by atoms with Crippen molar-refractivity contribution in [3.8, 4) is 0 Å². The summed E-state index contributed by atoms with van der Waals surface area (Å²) in [6.45, 7) is 0. The number of rotatable bonds is 0. The normalized spacial score (nSPS) is 12.0. The molecule has 0 radical (unpaired) electrons. The van der Waals surface area contributed by atoms with Gasteiger partial charge in [-0.05, 0) is 29.7 Å². The Morgan fingerprint density at radius 3 is 2.55 bits per heavy atom. The number of imidazole rings is 1. The summed E-state index contributed by atoms with van der Waals surface area (Å²) in [6, 6.07) is 17.3. The van der Waals surface area contributed by atoms with Crippen LogP contribution in [0.4, 0.5) is 0 Å². The summed E-state index contributed by atoms with van der Waals surface area (Å²) in [5.74, 6) is 0. The molecule has 0 bridgehead atoms. The van der Waals surface area contributed by atoms with Crippen LogP contribution in [-0.4, -0.2) is 9.38 Å². The Hall–Kier alpha value is -2.65. The summed E-state index contributed by atoms with van der Waals surface area (Å²) in [5, 5.41) is 4.35. The average molecular weight is 305 g/mol. The van der Waals surface area contributed by atoms with E-state index in [1.165, 1.54) is 0 Å². The van der Waals surface area contributed by atoms with Crippen LogP contribution in [0.1, 0.15) is 0 Å². The molecular weight excluding hydrogens is 296 g/mol. The quantitative estimate of drug-likeness (QED) is 0.429. The zero-order valence-corrected chi connectivity index (χ0v) is 12.1. The van der Waals surface area contributed by atoms with Crippen molar-refractivity contribution in [1.29, 1.82) is 0 Å². The monoisotopic (exact) mass is 304 g/mol. The van der Waals surface area contributed by atoms with Gasteiger partial charge in [-0.3, -0.25) is 9.20 Å². The van der Waals surface area contributed by atoms with Crippen LogP contribution in [0.5, 0.6) is 0 Å². The smallest absolute Gasteiger partial charge is 0.264 e. The number of aromatic nitrogens is 2. The lowest BCUT2D eigenvalue weighted by atomic mass is 10.0. The van der Waals surface area contributed by atoms with E-state index < -0.39 is 0 Å². The molecule has 5 rings (SSSR count). The molecule has 3 nitrogen and oxygen atoms in total. The van der Waals surface area contributed by atoms with Crippen molar-refractivity contribution in [2.75, 3.05) is 0 Å². The van der Waals surface area contributed by atoms with Crippen molar-refractivity contribution in [2.24, 2.45) is 0 Å². The maximum atomic E-state index is 12.9. The summed E-state index contributed by atoms with van der Waals surface area (Å²) in [4.78, 5) is 17.6. The minimum Gasteiger partial charge on any atom is -0.268 e. The molecule has 0 saturated carbocycles. The number of nitrogens with zero attached hydrogens (tertiary/aromatic N) is 2. The van der Waals surface area contributed by atoms with Gasteiger partial charge in [0.15, 0.2) is 0 Å². The number of fused-ring (bicyclic) bond motifs is 4. The summed E-state index contributed by atoms with van der Waals surface area (Å²) in [7, 11) is 0. The predicted molar refractivity (Wildman–Crippen MR) is 90.2 cm³/mol. The van der Waals surface area contributed by atoms with E-state index in [4.69, 9.17) is 11.6 Å².